The van der Waals surface area contributed by atoms with E-state index in [2.05, 4.69) is 253 Å². The zero-order valence-electron chi connectivity index (χ0n) is 34.9. The number of benzene rings is 11. The van der Waals surface area contributed by atoms with Gasteiger partial charge >= 0.3 is 0 Å². The summed E-state index contributed by atoms with van der Waals surface area (Å²) in [6, 6.07) is 86.5. The number of aromatic nitrogens is 1. The predicted octanol–water partition coefficient (Wildman–Crippen LogP) is 17.0. The predicted molar refractivity (Wildman–Crippen MR) is 269 cm³/mol. The van der Waals surface area contributed by atoms with Gasteiger partial charge in [-0.1, -0.05) is 170 Å². The van der Waals surface area contributed by atoms with Crippen LogP contribution in [0.25, 0.3) is 93.2 Å². The van der Waals surface area contributed by atoms with Crippen molar-refractivity contribution in [2.75, 3.05) is 4.90 Å². The molecule has 1 aromatic heterocycles. The molecule has 0 saturated heterocycles. The topological polar surface area (TPSA) is 8.17 Å². The first-order valence-corrected chi connectivity index (χ1v) is 21.8. The van der Waals surface area contributed by atoms with Crippen LogP contribution in [-0.4, -0.2) is 4.57 Å². The molecule has 0 atom stereocenters. The van der Waals surface area contributed by atoms with Crippen LogP contribution in [0.15, 0.2) is 237 Å². The summed E-state index contributed by atoms with van der Waals surface area (Å²) in [5, 5.41) is 10.1. The van der Waals surface area contributed by atoms with Crippen LogP contribution < -0.4 is 4.90 Å². The molecule has 0 aliphatic rings. The fourth-order valence-electron chi connectivity index (χ4n) is 9.89. The molecule has 0 aliphatic carbocycles. The van der Waals surface area contributed by atoms with E-state index in [0.717, 1.165) is 22.7 Å². The van der Waals surface area contributed by atoms with Crippen molar-refractivity contribution >= 4 is 71.2 Å². The standard InChI is InChI=1S/C61H42N2/c1-41-38-46(45-17-12-18-50(39-45)63-60-26-10-8-23-56(60)57-24-9-11-27-61(57)63)32-37-59(41)62(48-33-28-43(29-34-48)52-25-13-16-42-14-2-4-19-51(42)52)49-35-30-44(31-36-49)58-40-47-15-3-5-20-53(47)54-21-6-7-22-55(54)58/h2-40H,1H3. The van der Waals surface area contributed by atoms with Gasteiger partial charge < -0.3 is 9.47 Å². The summed E-state index contributed by atoms with van der Waals surface area (Å²) in [6.07, 6.45) is 0. The Hall–Kier alpha value is -8.20. The second-order valence-electron chi connectivity index (χ2n) is 16.6. The minimum absolute atomic E-state index is 1.10. The Morgan fingerprint density at radius 3 is 1.51 bits per heavy atom. The minimum atomic E-state index is 1.10. The third-order valence-electron chi connectivity index (χ3n) is 12.9. The van der Waals surface area contributed by atoms with Gasteiger partial charge in [0.05, 0.1) is 11.0 Å². The van der Waals surface area contributed by atoms with Crippen LogP contribution in [-0.2, 0) is 0 Å². The highest BCUT2D eigenvalue weighted by Crippen LogP contribution is 2.42. The van der Waals surface area contributed by atoms with Crippen molar-refractivity contribution in [1.29, 1.82) is 0 Å². The molecule has 0 spiro atoms. The van der Waals surface area contributed by atoms with E-state index >= 15 is 0 Å². The zero-order valence-corrected chi connectivity index (χ0v) is 34.9. The van der Waals surface area contributed by atoms with Gasteiger partial charge in [-0.05, 0) is 145 Å². The van der Waals surface area contributed by atoms with Gasteiger partial charge in [-0.15, -0.1) is 0 Å². The van der Waals surface area contributed by atoms with Crippen LogP contribution in [0, 0.1) is 6.92 Å². The van der Waals surface area contributed by atoms with Gasteiger partial charge in [0.2, 0.25) is 0 Å². The summed E-state index contributed by atoms with van der Waals surface area (Å²) in [6.45, 7) is 2.24. The van der Waals surface area contributed by atoms with Crippen LogP contribution in [0.1, 0.15) is 5.56 Å². The van der Waals surface area contributed by atoms with E-state index in [1.807, 2.05) is 0 Å². The maximum atomic E-state index is 2.41. The van der Waals surface area contributed by atoms with Gasteiger partial charge in [-0.2, -0.15) is 0 Å². The Morgan fingerprint density at radius 2 is 0.825 bits per heavy atom. The van der Waals surface area contributed by atoms with E-state index in [-0.39, 0.29) is 0 Å². The van der Waals surface area contributed by atoms with Crippen molar-refractivity contribution in [1.82, 2.24) is 4.57 Å². The van der Waals surface area contributed by atoms with Crippen LogP contribution in [0.4, 0.5) is 17.1 Å². The molecule has 2 heteroatoms. The van der Waals surface area contributed by atoms with E-state index < -0.39 is 0 Å². The molecule has 0 bridgehead atoms. The van der Waals surface area contributed by atoms with Crippen LogP contribution in [0.3, 0.4) is 0 Å². The monoisotopic (exact) mass is 802 g/mol. The highest BCUT2D eigenvalue weighted by Gasteiger charge is 2.18. The number of aryl methyl sites for hydroxylation is 1. The van der Waals surface area contributed by atoms with Crippen molar-refractivity contribution < 1.29 is 0 Å². The van der Waals surface area contributed by atoms with Crippen LogP contribution >= 0.6 is 0 Å². The molecule has 63 heavy (non-hydrogen) atoms. The summed E-state index contributed by atoms with van der Waals surface area (Å²) in [7, 11) is 0. The first-order chi connectivity index (χ1) is 31.2. The summed E-state index contributed by atoms with van der Waals surface area (Å²) in [5.41, 5.74) is 15.4. The van der Waals surface area contributed by atoms with Crippen molar-refractivity contribution in [2.24, 2.45) is 0 Å². The summed E-state index contributed by atoms with van der Waals surface area (Å²) in [4.78, 5) is 2.41. The molecule has 0 fully saturated rings. The number of hydrogen-bond donors (Lipinski definition) is 0. The van der Waals surface area contributed by atoms with Crippen LogP contribution in [0.5, 0.6) is 0 Å². The number of anilines is 3. The molecule has 0 N–H and O–H groups in total. The number of fused-ring (bicyclic) bond motifs is 7. The number of nitrogens with zero attached hydrogens (tertiary/aromatic N) is 2. The smallest absolute Gasteiger partial charge is 0.0541 e. The third kappa shape index (κ3) is 6.26. The first-order valence-electron chi connectivity index (χ1n) is 21.8. The maximum Gasteiger partial charge on any atom is 0.0541 e. The Morgan fingerprint density at radius 1 is 0.317 bits per heavy atom. The molecule has 296 valence electrons. The lowest BCUT2D eigenvalue weighted by Crippen LogP contribution is -2.11. The lowest BCUT2D eigenvalue weighted by atomic mass is 9.93. The van der Waals surface area contributed by atoms with Crippen molar-refractivity contribution in [3.05, 3.63) is 242 Å². The van der Waals surface area contributed by atoms with E-state index in [1.165, 1.54) is 93.1 Å². The zero-order chi connectivity index (χ0) is 41.9. The second kappa shape index (κ2) is 15.1. The van der Waals surface area contributed by atoms with Crippen molar-refractivity contribution in [2.45, 2.75) is 6.92 Å². The Balaban J connectivity index is 0.960. The van der Waals surface area contributed by atoms with Gasteiger partial charge in [0.1, 0.15) is 0 Å². The first kappa shape index (κ1) is 36.6. The van der Waals surface area contributed by atoms with Gasteiger partial charge in [0.15, 0.2) is 0 Å². The van der Waals surface area contributed by atoms with Gasteiger partial charge in [0.25, 0.3) is 0 Å². The highest BCUT2D eigenvalue weighted by atomic mass is 15.1. The fourth-order valence-corrected chi connectivity index (χ4v) is 9.89. The average molecular weight is 803 g/mol. The summed E-state index contributed by atoms with van der Waals surface area (Å²) >= 11 is 0. The Labute approximate surface area is 367 Å². The number of rotatable bonds is 7. The molecule has 1 heterocycles. The normalized spacial score (nSPS) is 11.6. The molecule has 11 aromatic carbocycles. The summed E-state index contributed by atoms with van der Waals surface area (Å²) < 4.78 is 2.39. The maximum absolute atomic E-state index is 2.41. The SMILES string of the molecule is Cc1cc(-c2cccc(-n3c4ccccc4c4ccccc43)c2)ccc1N(c1ccc(-c2cccc3ccccc23)cc1)c1ccc(-c2cc3ccccc3c3ccccc23)cc1. The largest absolute Gasteiger partial charge is 0.310 e. The Bertz CT molecular complexity index is 3630. The van der Waals surface area contributed by atoms with Crippen molar-refractivity contribution in [3.63, 3.8) is 0 Å². The molecular weight excluding hydrogens is 761 g/mol. The number of para-hydroxylation sites is 2. The molecule has 0 amide bonds. The van der Waals surface area contributed by atoms with Crippen molar-refractivity contribution in [3.8, 4) is 39.1 Å². The van der Waals surface area contributed by atoms with Gasteiger partial charge in [-0.3, -0.25) is 0 Å². The molecule has 0 radical (unpaired) electrons. The lowest BCUT2D eigenvalue weighted by molar-refractivity contribution is 1.18. The quantitative estimate of drug-likeness (QED) is 0.146. The highest BCUT2D eigenvalue weighted by molar-refractivity contribution is 6.14. The van der Waals surface area contributed by atoms with Crippen LogP contribution in [0.2, 0.25) is 0 Å². The lowest BCUT2D eigenvalue weighted by Gasteiger charge is -2.28. The van der Waals surface area contributed by atoms with E-state index in [1.54, 1.807) is 0 Å². The molecule has 12 rings (SSSR count). The Kier molecular flexibility index (Phi) is 8.76. The fraction of sp³-hybridized carbons (Fsp3) is 0.0164. The average Bonchev–Trinajstić information content (AvgIpc) is 3.69. The van der Waals surface area contributed by atoms with E-state index in [9.17, 15) is 0 Å². The molecule has 0 aliphatic heterocycles. The van der Waals surface area contributed by atoms with Gasteiger partial charge in [-0.25, -0.2) is 0 Å². The van der Waals surface area contributed by atoms with Gasteiger partial charge in [0, 0.05) is 33.5 Å². The second-order valence-corrected chi connectivity index (χ2v) is 16.6. The minimum Gasteiger partial charge on any atom is -0.310 e. The van der Waals surface area contributed by atoms with E-state index in [0.29, 0.717) is 0 Å². The molecule has 12 aromatic rings. The molecular formula is C61H42N2. The molecule has 0 saturated carbocycles. The molecule has 2 nitrogen and oxygen atoms in total. The number of hydrogen-bond acceptors (Lipinski definition) is 1. The van der Waals surface area contributed by atoms with E-state index in [4.69, 9.17) is 0 Å². The summed E-state index contributed by atoms with van der Waals surface area (Å²) in [5.74, 6) is 0. The molecule has 0 unspecified atom stereocenters. The third-order valence-corrected chi connectivity index (χ3v) is 12.9.